The summed E-state index contributed by atoms with van der Waals surface area (Å²) in [5, 5.41) is 0. The average Bonchev–Trinajstić information content (AvgIpc) is 3.10. The third-order valence-corrected chi connectivity index (χ3v) is 8.31. The highest BCUT2D eigenvalue weighted by Gasteiger charge is 2.54. The van der Waals surface area contributed by atoms with Gasteiger partial charge < -0.3 is 4.74 Å². The van der Waals surface area contributed by atoms with E-state index in [1.807, 2.05) is 29.2 Å². The van der Waals surface area contributed by atoms with Gasteiger partial charge in [0.15, 0.2) is 0 Å². The van der Waals surface area contributed by atoms with E-state index in [4.69, 9.17) is 4.74 Å². The Labute approximate surface area is 201 Å². The maximum atomic E-state index is 13.3. The third kappa shape index (κ3) is 5.10. The van der Waals surface area contributed by atoms with Gasteiger partial charge in [0, 0.05) is 26.2 Å². The highest BCUT2D eigenvalue weighted by Crippen LogP contribution is 2.52. The van der Waals surface area contributed by atoms with Gasteiger partial charge in [-0.2, -0.15) is 13.2 Å². The largest absolute Gasteiger partial charge is 0.486 e. The number of hydrogen-bond donors (Lipinski definition) is 0. The van der Waals surface area contributed by atoms with Gasteiger partial charge in [-0.3, -0.25) is 14.3 Å². The molecule has 2 aromatic rings. The number of alkyl halides is 3. The summed E-state index contributed by atoms with van der Waals surface area (Å²) in [7, 11) is -3.19. The lowest BCUT2D eigenvalue weighted by molar-refractivity contribution is -0.142. The van der Waals surface area contributed by atoms with Gasteiger partial charge in [0.05, 0.1) is 25.6 Å². The maximum Gasteiger partial charge on any atom is 0.406 e. The van der Waals surface area contributed by atoms with Crippen LogP contribution < -0.4 is 10.3 Å². The Morgan fingerprint density at radius 1 is 1.14 bits per heavy atom. The predicted molar refractivity (Wildman–Crippen MR) is 121 cm³/mol. The summed E-state index contributed by atoms with van der Waals surface area (Å²) in [6, 6.07) is 7.80. The molecule has 1 aromatic carbocycles. The lowest BCUT2D eigenvalue weighted by Gasteiger charge is -2.58. The van der Waals surface area contributed by atoms with Gasteiger partial charge in [0.25, 0.3) is 5.56 Å². The van der Waals surface area contributed by atoms with Gasteiger partial charge >= 0.3 is 6.18 Å². The molecule has 3 aliphatic rings. The van der Waals surface area contributed by atoms with Crippen molar-refractivity contribution in [3.05, 3.63) is 57.8 Å². The van der Waals surface area contributed by atoms with Crippen molar-refractivity contribution < 1.29 is 26.3 Å². The zero-order valence-electron chi connectivity index (χ0n) is 19.3. The van der Waals surface area contributed by atoms with E-state index in [9.17, 15) is 26.4 Å². The summed E-state index contributed by atoms with van der Waals surface area (Å²) in [6.07, 6.45) is -0.655. The fraction of sp³-hybridized carbons (Fsp3) is 0.565. The SMILES string of the molecule is CS(=O)(=O)N1CC2(CC(COc3cnc(CN4Cc5ccccc5C4)n(CC(F)(F)F)c3=O)C2)C1. The van der Waals surface area contributed by atoms with Gasteiger partial charge in [-0.05, 0) is 35.3 Å². The molecule has 190 valence electrons. The summed E-state index contributed by atoms with van der Waals surface area (Å²) in [5.74, 6) is -0.0320. The third-order valence-electron chi connectivity index (χ3n) is 7.12. The number of halogens is 3. The fourth-order valence-electron chi connectivity index (χ4n) is 5.48. The lowest BCUT2D eigenvalue weighted by atomic mass is 9.59. The number of aromatic nitrogens is 2. The molecule has 12 heteroatoms. The normalized spacial score (nSPS) is 20.5. The van der Waals surface area contributed by atoms with E-state index in [0.29, 0.717) is 30.7 Å². The number of benzene rings is 1. The van der Waals surface area contributed by atoms with Crippen molar-refractivity contribution in [1.29, 1.82) is 0 Å². The van der Waals surface area contributed by atoms with Crippen LogP contribution in [-0.2, 0) is 36.2 Å². The van der Waals surface area contributed by atoms with Crippen LogP contribution in [0.25, 0.3) is 0 Å². The molecule has 0 N–H and O–H groups in total. The van der Waals surface area contributed by atoms with Crippen LogP contribution in [0.1, 0.15) is 29.8 Å². The zero-order valence-corrected chi connectivity index (χ0v) is 20.1. The summed E-state index contributed by atoms with van der Waals surface area (Å²) < 4.78 is 70.7. The second-order valence-electron chi connectivity index (χ2n) is 10.1. The van der Waals surface area contributed by atoms with Gasteiger partial charge in [0.2, 0.25) is 15.8 Å². The number of ether oxygens (including phenoxy) is 1. The van der Waals surface area contributed by atoms with Crippen molar-refractivity contribution in [2.75, 3.05) is 26.0 Å². The second kappa shape index (κ2) is 8.59. The van der Waals surface area contributed by atoms with E-state index < -0.39 is 28.3 Å². The van der Waals surface area contributed by atoms with Gasteiger partial charge in [-0.15, -0.1) is 0 Å². The first-order chi connectivity index (χ1) is 16.4. The van der Waals surface area contributed by atoms with Crippen LogP contribution in [0.4, 0.5) is 13.2 Å². The highest BCUT2D eigenvalue weighted by molar-refractivity contribution is 7.88. The number of nitrogens with zero attached hydrogens (tertiary/aromatic N) is 4. The van der Waals surface area contributed by atoms with Crippen LogP contribution in [0.15, 0.2) is 35.3 Å². The van der Waals surface area contributed by atoms with Crippen molar-refractivity contribution >= 4 is 10.0 Å². The van der Waals surface area contributed by atoms with E-state index in [0.717, 1.165) is 24.0 Å². The van der Waals surface area contributed by atoms with E-state index in [2.05, 4.69) is 4.98 Å². The summed E-state index contributed by atoms with van der Waals surface area (Å²) in [6.45, 7) is 0.994. The molecule has 1 aromatic heterocycles. The Hall–Kier alpha value is -2.44. The van der Waals surface area contributed by atoms with Crippen molar-refractivity contribution in [2.45, 2.75) is 45.2 Å². The minimum atomic E-state index is -4.58. The van der Waals surface area contributed by atoms with Crippen molar-refractivity contribution in [3.8, 4) is 5.75 Å². The number of sulfonamides is 1. The van der Waals surface area contributed by atoms with Crippen LogP contribution in [0, 0.1) is 11.3 Å². The maximum absolute atomic E-state index is 13.3. The summed E-state index contributed by atoms with van der Waals surface area (Å²) in [5.41, 5.74) is 1.34. The fourth-order valence-corrected chi connectivity index (χ4v) is 6.49. The standard InChI is InChI=1S/C23H27F3N4O4S/c1-35(32,33)29-13-22(14-29)6-16(7-22)12-34-19-8-27-20(30(21(19)31)15-23(24,25)26)11-28-9-17-4-2-3-5-18(17)10-28/h2-5,8,16H,6-7,9-15H2,1H3. The molecule has 35 heavy (non-hydrogen) atoms. The second-order valence-corrected chi connectivity index (χ2v) is 12.1. The molecule has 2 aliphatic heterocycles. The molecule has 3 heterocycles. The molecule has 0 unspecified atom stereocenters. The highest BCUT2D eigenvalue weighted by atomic mass is 32.2. The molecular formula is C23H27F3N4O4S. The minimum Gasteiger partial charge on any atom is -0.486 e. The summed E-state index contributed by atoms with van der Waals surface area (Å²) >= 11 is 0. The Balaban J connectivity index is 1.24. The van der Waals surface area contributed by atoms with E-state index in [-0.39, 0.29) is 36.1 Å². The Morgan fingerprint density at radius 3 is 2.34 bits per heavy atom. The number of fused-ring (bicyclic) bond motifs is 1. The molecule has 0 atom stereocenters. The first-order valence-corrected chi connectivity index (χ1v) is 13.3. The average molecular weight is 513 g/mol. The molecule has 2 fully saturated rings. The Morgan fingerprint density at radius 2 is 1.77 bits per heavy atom. The molecular weight excluding hydrogens is 485 g/mol. The molecule has 0 radical (unpaired) electrons. The van der Waals surface area contributed by atoms with Gasteiger partial charge in [-0.25, -0.2) is 17.7 Å². The van der Waals surface area contributed by atoms with Crippen molar-refractivity contribution in [2.24, 2.45) is 11.3 Å². The smallest absolute Gasteiger partial charge is 0.406 e. The van der Waals surface area contributed by atoms with Crippen LogP contribution in [0.2, 0.25) is 0 Å². The summed E-state index contributed by atoms with van der Waals surface area (Å²) in [4.78, 5) is 19.1. The topological polar surface area (TPSA) is 84.7 Å². The minimum absolute atomic E-state index is 0.0387. The van der Waals surface area contributed by atoms with Crippen LogP contribution >= 0.6 is 0 Å². The van der Waals surface area contributed by atoms with Crippen LogP contribution in [0.3, 0.4) is 0 Å². The van der Waals surface area contributed by atoms with E-state index >= 15 is 0 Å². The molecule has 1 spiro atoms. The first-order valence-electron chi connectivity index (χ1n) is 11.4. The molecule has 5 rings (SSSR count). The molecule has 1 saturated carbocycles. The molecule has 1 aliphatic carbocycles. The molecule has 1 saturated heterocycles. The monoisotopic (exact) mass is 512 g/mol. The number of rotatable bonds is 7. The van der Waals surface area contributed by atoms with Crippen molar-refractivity contribution in [3.63, 3.8) is 0 Å². The van der Waals surface area contributed by atoms with E-state index in [1.165, 1.54) is 16.8 Å². The number of hydrogen-bond acceptors (Lipinski definition) is 6. The Kier molecular flexibility index (Phi) is 5.96. The van der Waals surface area contributed by atoms with Crippen LogP contribution in [-0.4, -0.2) is 59.3 Å². The predicted octanol–water partition coefficient (Wildman–Crippen LogP) is 2.37. The molecule has 0 bridgehead atoms. The molecule has 0 amide bonds. The lowest BCUT2D eigenvalue weighted by Crippen LogP contribution is -2.63. The van der Waals surface area contributed by atoms with Crippen LogP contribution in [0.5, 0.6) is 5.75 Å². The quantitative estimate of drug-likeness (QED) is 0.567. The van der Waals surface area contributed by atoms with Gasteiger partial charge in [-0.1, -0.05) is 24.3 Å². The van der Waals surface area contributed by atoms with E-state index in [1.54, 1.807) is 0 Å². The molecule has 8 nitrogen and oxygen atoms in total. The van der Waals surface area contributed by atoms with Crippen molar-refractivity contribution in [1.82, 2.24) is 18.8 Å². The first kappa shape index (κ1) is 24.3. The Bertz CT molecular complexity index is 1260. The van der Waals surface area contributed by atoms with Gasteiger partial charge in [0.1, 0.15) is 12.4 Å². The zero-order chi connectivity index (χ0) is 25.0.